The van der Waals surface area contributed by atoms with Crippen LogP contribution in [-0.2, 0) is 4.74 Å². The highest BCUT2D eigenvalue weighted by Gasteiger charge is 2.21. The number of nitrogen functional groups attached to an aromatic ring is 1. The van der Waals surface area contributed by atoms with E-state index >= 15 is 0 Å². The van der Waals surface area contributed by atoms with E-state index in [0.29, 0.717) is 10.6 Å². The third-order valence-electron chi connectivity index (χ3n) is 2.43. The Bertz CT molecular complexity index is 573. The first kappa shape index (κ1) is 12.0. The van der Waals surface area contributed by atoms with Crippen LogP contribution in [0.25, 0.3) is 10.4 Å². The van der Waals surface area contributed by atoms with Crippen molar-refractivity contribution in [2.24, 2.45) is 0 Å². The first-order chi connectivity index (χ1) is 8.06. The van der Waals surface area contributed by atoms with Gasteiger partial charge in [-0.15, -0.1) is 11.3 Å². The van der Waals surface area contributed by atoms with Gasteiger partial charge in [0, 0.05) is 10.4 Å². The number of carbonyl (C=O) groups is 1. The summed E-state index contributed by atoms with van der Waals surface area (Å²) in [6.45, 7) is 1.83. The number of methoxy groups -OCH3 is 1. The maximum Gasteiger partial charge on any atom is 0.350 e. The Kier molecular flexibility index (Phi) is 3.13. The number of nitrogens with two attached hydrogens (primary N) is 1. The van der Waals surface area contributed by atoms with Crippen molar-refractivity contribution in [2.45, 2.75) is 6.92 Å². The maximum atomic E-state index is 11.5. The van der Waals surface area contributed by atoms with Crippen LogP contribution in [0.4, 0.5) is 5.69 Å². The molecule has 0 spiro atoms. The van der Waals surface area contributed by atoms with Crippen molar-refractivity contribution in [3.63, 3.8) is 0 Å². The van der Waals surface area contributed by atoms with Gasteiger partial charge in [-0.1, -0.05) is 0 Å². The Morgan fingerprint density at radius 2 is 2.29 bits per heavy atom. The van der Waals surface area contributed by atoms with Crippen molar-refractivity contribution >= 4 is 34.6 Å². The van der Waals surface area contributed by atoms with Crippen LogP contribution in [0.2, 0.25) is 5.22 Å². The van der Waals surface area contributed by atoms with Crippen LogP contribution in [0.3, 0.4) is 0 Å². The van der Waals surface area contributed by atoms with Gasteiger partial charge in [-0.25, -0.2) is 4.79 Å². The Labute approximate surface area is 107 Å². The van der Waals surface area contributed by atoms with Gasteiger partial charge in [0.2, 0.25) is 5.22 Å². The molecule has 0 aliphatic carbocycles. The maximum absolute atomic E-state index is 11.5. The van der Waals surface area contributed by atoms with E-state index in [9.17, 15) is 4.79 Å². The molecular weight excluding hydrogens is 262 g/mol. The Hall–Kier alpha value is -1.46. The molecule has 0 unspecified atom stereocenters. The van der Waals surface area contributed by atoms with Gasteiger partial charge < -0.3 is 14.9 Å². The molecular formula is C11H10ClNO3S. The summed E-state index contributed by atoms with van der Waals surface area (Å²) in [5.41, 5.74) is 7.83. The zero-order chi connectivity index (χ0) is 12.6. The van der Waals surface area contributed by atoms with Crippen molar-refractivity contribution in [3.8, 4) is 10.4 Å². The highest BCUT2D eigenvalue weighted by atomic mass is 35.5. The normalized spacial score (nSPS) is 10.5. The number of ether oxygens (including phenoxy) is 1. The van der Waals surface area contributed by atoms with E-state index in [1.165, 1.54) is 24.7 Å². The molecule has 2 rings (SSSR count). The first-order valence-electron chi connectivity index (χ1n) is 4.76. The second-order valence-electron chi connectivity index (χ2n) is 3.40. The Morgan fingerprint density at radius 1 is 1.59 bits per heavy atom. The quantitative estimate of drug-likeness (QED) is 0.851. The highest BCUT2D eigenvalue weighted by Crippen LogP contribution is 2.41. The van der Waals surface area contributed by atoms with Gasteiger partial charge in [-0.3, -0.25) is 0 Å². The van der Waals surface area contributed by atoms with E-state index in [4.69, 9.17) is 21.8 Å². The molecule has 4 nitrogen and oxygen atoms in total. The molecule has 2 N–H and O–H groups in total. The lowest BCUT2D eigenvalue weighted by Gasteiger charge is -1.96. The molecule has 0 aromatic carbocycles. The number of thiophene rings is 1. The molecule has 0 aliphatic rings. The van der Waals surface area contributed by atoms with Crippen LogP contribution in [-0.4, -0.2) is 13.1 Å². The molecule has 6 heteroatoms. The molecule has 90 valence electrons. The second-order valence-corrected chi connectivity index (χ2v) is 4.76. The van der Waals surface area contributed by atoms with E-state index in [-0.39, 0.29) is 5.22 Å². The number of anilines is 1. The summed E-state index contributed by atoms with van der Waals surface area (Å²) in [5.74, 6) is -0.443. The molecule has 0 bridgehead atoms. The van der Waals surface area contributed by atoms with E-state index in [2.05, 4.69) is 4.74 Å². The van der Waals surface area contributed by atoms with Crippen molar-refractivity contribution < 1.29 is 13.9 Å². The van der Waals surface area contributed by atoms with E-state index < -0.39 is 5.97 Å². The van der Waals surface area contributed by atoms with Crippen LogP contribution < -0.4 is 5.73 Å². The van der Waals surface area contributed by atoms with Gasteiger partial charge in [0.05, 0.1) is 19.1 Å². The number of rotatable bonds is 2. The molecule has 0 radical (unpaired) electrons. The monoisotopic (exact) mass is 271 g/mol. The second kappa shape index (κ2) is 4.43. The molecule has 0 saturated heterocycles. The smallest absolute Gasteiger partial charge is 0.350 e. The summed E-state index contributed by atoms with van der Waals surface area (Å²) in [6, 6.07) is 1.74. The number of furan rings is 1. The predicted octanol–water partition coefficient (Wildman–Crippen LogP) is 3.34. The average Bonchev–Trinajstić information content (AvgIpc) is 2.85. The number of hydrogen-bond donors (Lipinski definition) is 1. The third-order valence-corrected chi connectivity index (χ3v) is 4.04. The van der Waals surface area contributed by atoms with Crippen molar-refractivity contribution in [1.82, 2.24) is 0 Å². The molecule has 0 atom stereocenters. The average molecular weight is 272 g/mol. The van der Waals surface area contributed by atoms with Gasteiger partial charge in [0.15, 0.2) is 0 Å². The molecule has 0 aliphatic heterocycles. The van der Waals surface area contributed by atoms with Crippen LogP contribution in [0, 0.1) is 6.92 Å². The topological polar surface area (TPSA) is 65.5 Å². The number of esters is 1. The third kappa shape index (κ3) is 1.92. The molecule has 0 fully saturated rings. The molecule has 2 heterocycles. The predicted molar refractivity (Wildman–Crippen MR) is 67.5 cm³/mol. The van der Waals surface area contributed by atoms with Crippen LogP contribution in [0.1, 0.15) is 15.2 Å². The minimum absolute atomic E-state index is 0.283. The summed E-state index contributed by atoms with van der Waals surface area (Å²) in [7, 11) is 1.32. The van der Waals surface area contributed by atoms with E-state index in [0.717, 1.165) is 16.0 Å². The summed E-state index contributed by atoms with van der Waals surface area (Å²) >= 11 is 7.15. The minimum atomic E-state index is -0.443. The molecule has 17 heavy (non-hydrogen) atoms. The zero-order valence-electron chi connectivity index (χ0n) is 9.24. The van der Waals surface area contributed by atoms with E-state index in [1.54, 1.807) is 6.07 Å². The number of halogens is 1. The molecule has 0 saturated carbocycles. The van der Waals surface area contributed by atoms with Crippen molar-refractivity contribution in [1.29, 1.82) is 0 Å². The zero-order valence-corrected chi connectivity index (χ0v) is 10.8. The standard InChI is InChI=1S/C11H10ClNO3S/c1-5-7(13)9(11(14)15-2)17-8(5)6-3-4-16-10(6)12/h3-4H,13H2,1-2H3. The first-order valence-corrected chi connectivity index (χ1v) is 5.96. The van der Waals surface area contributed by atoms with Gasteiger partial charge in [0.25, 0.3) is 0 Å². The minimum Gasteiger partial charge on any atom is -0.465 e. The molecule has 2 aromatic heterocycles. The van der Waals surface area contributed by atoms with Crippen molar-refractivity contribution in [2.75, 3.05) is 12.8 Å². The SMILES string of the molecule is COC(=O)c1sc(-c2ccoc2Cl)c(C)c1N. The van der Waals surface area contributed by atoms with Gasteiger partial charge in [-0.05, 0) is 30.2 Å². The van der Waals surface area contributed by atoms with Crippen molar-refractivity contribution in [3.05, 3.63) is 28.0 Å². The largest absolute Gasteiger partial charge is 0.465 e. The van der Waals surface area contributed by atoms with E-state index in [1.807, 2.05) is 6.92 Å². The molecule has 2 aromatic rings. The summed E-state index contributed by atoms with van der Waals surface area (Å²) in [6.07, 6.45) is 1.49. The van der Waals surface area contributed by atoms with Gasteiger partial charge in [0.1, 0.15) is 4.88 Å². The summed E-state index contributed by atoms with van der Waals surface area (Å²) in [5, 5.41) is 0.283. The van der Waals surface area contributed by atoms with Crippen LogP contribution in [0.15, 0.2) is 16.7 Å². The van der Waals surface area contributed by atoms with Gasteiger partial charge >= 0.3 is 5.97 Å². The fourth-order valence-electron chi connectivity index (χ4n) is 1.48. The number of carbonyl (C=O) groups excluding carboxylic acids is 1. The number of hydrogen-bond acceptors (Lipinski definition) is 5. The lowest BCUT2D eigenvalue weighted by atomic mass is 10.1. The Balaban J connectivity index is 2.58. The Morgan fingerprint density at radius 3 is 2.82 bits per heavy atom. The van der Waals surface area contributed by atoms with Crippen LogP contribution >= 0.6 is 22.9 Å². The lowest BCUT2D eigenvalue weighted by Crippen LogP contribution is -2.01. The molecule has 0 amide bonds. The lowest BCUT2D eigenvalue weighted by molar-refractivity contribution is 0.0607. The summed E-state index contributed by atoms with van der Waals surface area (Å²) in [4.78, 5) is 12.7. The highest BCUT2D eigenvalue weighted by molar-refractivity contribution is 7.18. The fraction of sp³-hybridized carbons (Fsp3) is 0.182. The van der Waals surface area contributed by atoms with Crippen LogP contribution in [0.5, 0.6) is 0 Å². The van der Waals surface area contributed by atoms with Gasteiger partial charge in [-0.2, -0.15) is 0 Å². The fourth-order valence-corrected chi connectivity index (χ4v) is 2.92. The summed E-state index contributed by atoms with van der Waals surface area (Å²) < 4.78 is 9.69.